The van der Waals surface area contributed by atoms with E-state index in [9.17, 15) is 4.79 Å². The quantitative estimate of drug-likeness (QED) is 0.888. The van der Waals surface area contributed by atoms with E-state index in [1.54, 1.807) is 0 Å². The summed E-state index contributed by atoms with van der Waals surface area (Å²) in [6, 6.07) is 8.09. The second-order valence-electron chi connectivity index (χ2n) is 7.11. The van der Waals surface area contributed by atoms with E-state index in [1.165, 1.54) is 18.4 Å². The highest BCUT2D eigenvalue weighted by atomic mass is 16.1. The van der Waals surface area contributed by atoms with Crippen LogP contribution in [-0.4, -0.2) is 12.5 Å². The number of hydrogen-bond donors (Lipinski definition) is 2. The van der Waals surface area contributed by atoms with Crippen molar-refractivity contribution in [3.63, 3.8) is 0 Å². The smallest absolute Gasteiger partial charge is 0.227 e. The molecule has 0 saturated heterocycles. The van der Waals surface area contributed by atoms with Crippen molar-refractivity contribution in [1.29, 1.82) is 0 Å². The van der Waals surface area contributed by atoms with Gasteiger partial charge >= 0.3 is 0 Å². The lowest BCUT2D eigenvalue weighted by Gasteiger charge is -2.25. The first-order valence-electron chi connectivity index (χ1n) is 8.04. The molecule has 116 valence electrons. The molecule has 0 aliphatic heterocycles. The van der Waals surface area contributed by atoms with E-state index in [2.05, 4.69) is 38.2 Å². The van der Waals surface area contributed by atoms with Crippen LogP contribution in [0.25, 0.3) is 0 Å². The Bertz CT molecular complexity index is 470. The molecule has 3 nitrogen and oxygen atoms in total. The highest BCUT2D eigenvalue weighted by Gasteiger charge is 2.24. The van der Waals surface area contributed by atoms with E-state index in [-0.39, 0.29) is 17.2 Å². The summed E-state index contributed by atoms with van der Waals surface area (Å²) in [4.78, 5) is 12.3. The number of benzene rings is 1. The van der Waals surface area contributed by atoms with Gasteiger partial charge in [-0.25, -0.2) is 0 Å². The van der Waals surface area contributed by atoms with E-state index in [1.807, 2.05) is 12.1 Å². The van der Waals surface area contributed by atoms with Gasteiger partial charge in [0.2, 0.25) is 5.91 Å². The molecule has 0 unspecified atom stereocenters. The number of amides is 1. The fraction of sp³-hybridized carbons (Fsp3) is 0.611. The fourth-order valence-corrected chi connectivity index (χ4v) is 2.89. The van der Waals surface area contributed by atoms with Crippen LogP contribution in [0.4, 0.5) is 5.69 Å². The standard InChI is InChI=1S/C18H28N2O/c1-13-4-6-14(7-5-13)17(21)20-16-10-8-15(9-11-16)18(2,3)12-19/h8-11,13-14H,4-7,12,19H2,1-3H3,(H,20,21). The molecule has 3 N–H and O–H groups in total. The number of hydrogen-bond acceptors (Lipinski definition) is 2. The molecule has 1 fully saturated rings. The Morgan fingerprint density at radius 1 is 1.19 bits per heavy atom. The molecule has 1 aliphatic rings. The second kappa shape index (κ2) is 6.61. The Kier molecular flexibility index (Phi) is 5.04. The molecule has 0 radical (unpaired) electrons. The first-order chi connectivity index (χ1) is 9.92. The second-order valence-corrected chi connectivity index (χ2v) is 7.11. The van der Waals surface area contributed by atoms with E-state index >= 15 is 0 Å². The van der Waals surface area contributed by atoms with Crippen LogP contribution in [0.2, 0.25) is 0 Å². The first-order valence-corrected chi connectivity index (χ1v) is 8.04. The number of carbonyl (C=O) groups excluding carboxylic acids is 1. The molecule has 1 amide bonds. The summed E-state index contributed by atoms with van der Waals surface area (Å²) < 4.78 is 0. The van der Waals surface area contributed by atoms with Crippen LogP contribution in [0.5, 0.6) is 0 Å². The van der Waals surface area contributed by atoms with Crippen molar-refractivity contribution in [1.82, 2.24) is 0 Å². The molecule has 0 aromatic heterocycles. The number of carbonyl (C=O) groups is 1. The molecule has 0 atom stereocenters. The van der Waals surface area contributed by atoms with E-state index in [4.69, 9.17) is 5.73 Å². The lowest BCUT2D eigenvalue weighted by Crippen LogP contribution is -2.28. The highest BCUT2D eigenvalue weighted by molar-refractivity contribution is 5.92. The van der Waals surface area contributed by atoms with Crippen LogP contribution in [0, 0.1) is 11.8 Å². The number of nitrogens with two attached hydrogens (primary N) is 1. The Labute approximate surface area is 128 Å². The summed E-state index contributed by atoms with van der Waals surface area (Å²) in [6.45, 7) is 7.14. The zero-order chi connectivity index (χ0) is 15.5. The molecular formula is C18H28N2O. The highest BCUT2D eigenvalue weighted by Crippen LogP contribution is 2.29. The minimum atomic E-state index is -0.0257. The van der Waals surface area contributed by atoms with Crippen LogP contribution in [0.15, 0.2) is 24.3 Å². The van der Waals surface area contributed by atoms with Crippen LogP contribution >= 0.6 is 0 Å². The maximum Gasteiger partial charge on any atom is 0.227 e. The third-order valence-corrected chi connectivity index (χ3v) is 4.83. The van der Waals surface area contributed by atoms with Gasteiger partial charge in [0, 0.05) is 23.6 Å². The third kappa shape index (κ3) is 4.07. The van der Waals surface area contributed by atoms with Crippen molar-refractivity contribution in [2.45, 2.75) is 51.9 Å². The molecule has 1 aromatic rings. The van der Waals surface area contributed by atoms with Crippen LogP contribution < -0.4 is 11.1 Å². The van der Waals surface area contributed by atoms with Crippen LogP contribution in [-0.2, 0) is 10.2 Å². The largest absolute Gasteiger partial charge is 0.330 e. The van der Waals surface area contributed by atoms with Crippen molar-refractivity contribution in [3.8, 4) is 0 Å². The Balaban J connectivity index is 1.95. The zero-order valence-corrected chi connectivity index (χ0v) is 13.5. The molecule has 0 bridgehead atoms. The predicted octanol–water partition coefficient (Wildman–Crippen LogP) is 3.69. The topological polar surface area (TPSA) is 55.1 Å². The Hall–Kier alpha value is -1.35. The fourth-order valence-electron chi connectivity index (χ4n) is 2.89. The maximum atomic E-state index is 12.3. The van der Waals surface area contributed by atoms with Crippen molar-refractivity contribution in [3.05, 3.63) is 29.8 Å². The van der Waals surface area contributed by atoms with Crippen LogP contribution in [0.1, 0.15) is 52.0 Å². The van der Waals surface area contributed by atoms with Gasteiger partial charge in [0.25, 0.3) is 0 Å². The zero-order valence-electron chi connectivity index (χ0n) is 13.5. The number of rotatable bonds is 4. The predicted molar refractivity (Wildman–Crippen MR) is 88.3 cm³/mol. The monoisotopic (exact) mass is 288 g/mol. The van der Waals surface area contributed by atoms with Gasteiger partial charge in [0.15, 0.2) is 0 Å². The molecule has 3 heteroatoms. The maximum absolute atomic E-state index is 12.3. The molecule has 2 rings (SSSR count). The molecule has 0 heterocycles. The summed E-state index contributed by atoms with van der Waals surface area (Å²) in [6.07, 6.45) is 4.38. The van der Waals surface area contributed by atoms with Gasteiger partial charge in [-0.15, -0.1) is 0 Å². The number of anilines is 1. The molecule has 1 saturated carbocycles. The van der Waals surface area contributed by atoms with Gasteiger partial charge in [0.1, 0.15) is 0 Å². The minimum Gasteiger partial charge on any atom is -0.330 e. The van der Waals surface area contributed by atoms with Gasteiger partial charge in [-0.05, 0) is 49.3 Å². The lowest BCUT2D eigenvalue weighted by molar-refractivity contribution is -0.121. The average Bonchev–Trinajstić information content (AvgIpc) is 2.48. The van der Waals surface area contributed by atoms with Crippen LogP contribution in [0.3, 0.4) is 0 Å². The number of nitrogens with one attached hydrogen (secondary N) is 1. The summed E-state index contributed by atoms with van der Waals surface area (Å²) in [5.74, 6) is 1.13. The summed E-state index contributed by atoms with van der Waals surface area (Å²) in [5.41, 5.74) is 7.86. The van der Waals surface area contributed by atoms with Gasteiger partial charge in [-0.2, -0.15) is 0 Å². The minimum absolute atomic E-state index is 0.0257. The van der Waals surface area contributed by atoms with Crippen molar-refractivity contribution >= 4 is 11.6 Å². The van der Waals surface area contributed by atoms with Gasteiger partial charge in [0.05, 0.1) is 0 Å². The van der Waals surface area contributed by atoms with Crippen molar-refractivity contribution < 1.29 is 4.79 Å². The van der Waals surface area contributed by atoms with E-state index in [0.29, 0.717) is 6.54 Å². The molecule has 1 aliphatic carbocycles. The molecule has 0 spiro atoms. The molecule has 21 heavy (non-hydrogen) atoms. The van der Waals surface area contributed by atoms with Gasteiger partial charge < -0.3 is 11.1 Å². The van der Waals surface area contributed by atoms with Crippen molar-refractivity contribution in [2.24, 2.45) is 17.6 Å². The molecule has 1 aromatic carbocycles. The van der Waals surface area contributed by atoms with E-state index in [0.717, 1.165) is 24.4 Å². The summed E-state index contributed by atoms with van der Waals surface area (Å²) in [7, 11) is 0. The summed E-state index contributed by atoms with van der Waals surface area (Å²) >= 11 is 0. The third-order valence-electron chi connectivity index (χ3n) is 4.83. The van der Waals surface area contributed by atoms with Gasteiger partial charge in [-0.3, -0.25) is 4.79 Å². The van der Waals surface area contributed by atoms with E-state index < -0.39 is 0 Å². The Morgan fingerprint density at radius 3 is 2.29 bits per heavy atom. The Morgan fingerprint density at radius 2 is 1.76 bits per heavy atom. The van der Waals surface area contributed by atoms with Crippen molar-refractivity contribution in [2.75, 3.05) is 11.9 Å². The lowest BCUT2D eigenvalue weighted by atomic mass is 9.82. The average molecular weight is 288 g/mol. The summed E-state index contributed by atoms with van der Waals surface area (Å²) in [5, 5.41) is 3.05. The normalized spacial score (nSPS) is 22.9. The first kappa shape index (κ1) is 16.0. The SMILES string of the molecule is CC1CCC(C(=O)Nc2ccc(C(C)(C)CN)cc2)CC1. The van der Waals surface area contributed by atoms with Gasteiger partial charge in [-0.1, -0.05) is 32.9 Å². The molecular weight excluding hydrogens is 260 g/mol.